The molecular formula is C23H32N2O3S. The molecule has 1 aliphatic rings. The van der Waals surface area contributed by atoms with Crippen LogP contribution in [-0.2, 0) is 16.4 Å². The maximum absolute atomic E-state index is 13.6. The normalized spacial score (nSPS) is 23.2. The summed E-state index contributed by atoms with van der Waals surface area (Å²) in [5, 5.41) is 3.76. The van der Waals surface area contributed by atoms with E-state index in [1.54, 1.807) is 13.2 Å². The van der Waals surface area contributed by atoms with E-state index in [1.807, 2.05) is 36.4 Å². The average Bonchev–Trinajstić information content (AvgIpc) is 2.84. The lowest BCUT2D eigenvalue weighted by molar-refractivity contribution is 0.294. The Hall–Kier alpha value is -1.89. The van der Waals surface area contributed by atoms with Crippen molar-refractivity contribution in [2.75, 3.05) is 12.9 Å². The molecule has 0 amide bonds. The topological polar surface area (TPSA) is 81.4 Å². The summed E-state index contributed by atoms with van der Waals surface area (Å²) in [6, 6.07) is 13.4. The second-order valence-corrected chi connectivity index (χ2v) is 9.85. The first-order valence-corrected chi connectivity index (χ1v) is 12.0. The lowest BCUT2D eigenvalue weighted by atomic mass is 9.88. The SMILES string of the molecule is CCCCC1(CC)CS(=O)(=O)c2cc(CN)c(OC)cc2C(c2ccccc2)N1. The second kappa shape index (κ2) is 8.86. The zero-order chi connectivity index (χ0) is 21.1. The van der Waals surface area contributed by atoms with Gasteiger partial charge in [-0.25, -0.2) is 8.42 Å². The highest BCUT2D eigenvalue weighted by Gasteiger charge is 2.42. The van der Waals surface area contributed by atoms with E-state index >= 15 is 0 Å². The van der Waals surface area contributed by atoms with Crippen LogP contribution in [0.3, 0.4) is 0 Å². The number of methoxy groups -OCH3 is 1. The van der Waals surface area contributed by atoms with Gasteiger partial charge >= 0.3 is 0 Å². The van der Waals surface area contributed by atoms with Crippen LogP contribution in [0.2, 0.25) is 0 Å². The summed E-state index contributed by atoms with van der Waals surface area (Å²) < 4.78 is 32.6. The van der Waals surface area contributed by atoms with Crippen molar-refractivity contribution in [3.05, 3.63) is 59.2 Å². The third kappa shape index (κ3) is 4.34. The van der Waals surface area contributed by atoms with E-state index in [9.17, 15) is 8.42 Å². The van der Waals surface area contributed by atoms with Crippen LogP contribution in [0.4, 0.5) is 0 Å². The molecule has 1 heterocycles. The van der Waals surface area contributed by atoms with Gasteiger partial charge in [-0.15, -0.1) is 0 Å². The first-order chi connectivity index (χ1) is 13.9. The lowest BCUT2D eigenvalue weighted by Crippen LogP contribution is -2.50. The number of fused-ring (bicyclic) bond motifs is 1. The van der Waals surface area contributed by atoms with Crippen LogP contribution in [-0.4, -0.2) is 26.8 Å². The van der Waals surface area contributed by atoms with Gasteiger partial charge in [0.2, 0.25) is 0 Å². The minimum absolute atomic E-state index is 0.0865. The number of unbranched alkanes of at least 4 members (excludes halogenated alkanes) is 1. The summed E-state index contributed by atoms with van der Waals surface area (Å²) in [4.78, 5) is 0.368. The molecule has 2 aromatic carbocycles. The predicted molar refractivity (Wildman–Crippen MR) is 117 cm³/mol. The molecule has 0 spiro atoms. The Kier molecular flexibility index (Phi) is 6.66. The largest absolute Gasteiger partial charge is 0.496 e. The van der Waals surface area contributed by atoms with Gasteiger partial charge in [0.15, 0.2) is 9.84 Å². The van der Waals surface area contributed by atoms with Crippen molar-refractivity contribution in [3.63, 3.8) is 0 Å². The van der Waals surface area contributed by atoms with Gasteiger partial charge in [0.05, 0.1) is 23.8 Å². The van der Waals surface area contributed by atoms with E-state index in [4.69, 9.17) is 10.5 Å². The summed E-state index contributed by atoms with van der Waals surface area (Å²) in [5.74, 6) is 0.713. The van der Waals surface area contributed by atoms with Crippen molar-refractivity contribution in [2.45, 2.75) is 62.6 Å². The number of hydrogen-bond donors (Lipinski definition) is 2. The van der Waals surface area contributed by atoms with Gasteiger partial charge in [0.1, 0.15) is 5.75 Å². The fourth-order valence-electron chi connectivity index (χ4n) is 4.28. The zero-order valence-electron chi connectivity index (χ0n) is 17.6. The van der Waals surface area contributed by atoms with E-state index in [0.29, 0.717) is 16.2 Å². The standard InChI is InChI=1S/C23H32N2O3S/c1-4-6-12-23(5-2)16-29(26,27)21-13-18(15-24)20(28-3)14-19(21)22(25-23)17-10-8-7-9-11-17/h7-11,13-14,22,25H,4-6,12,15-16,24H2,1-3H3. The van der Waals surface area contributed by atoms with E-state index in [-0.39, 0.29) is 18.3 Å². The second-order valence-electron chi connectivity index (χ2n) is 7.89. The Balaban J connectivity index is 2.27. The number of nitrogens with two attached hydrogens (primary N) is 1. The molecule has 0 saturated carbocycles. The van der Waals surface area contributed by atoms with Gasteiger partial charge < -0.3 is 10.5 Å². The highest BCUT2D eigenvalue weighted by molar-refractivity contribution is 7.91. The number of ether oxygens (including phenoxy) is 1. The zero-order valence-corrected chi connectivity index (χ0v) is 18.4. The summed E-state index contributed by atoms with van der Waals surface area (Å²) in [7, 11) is -1.91. The molecule has 0 aromatic heterocycles. The van der Waals surface area contributed by atoms with Crippen LogP contribution < -0.4 is 15.8 Å². The van der Waals surface area contributed by atoms with Crippen LogP contribution in [0, 0.1) is 0 Å². The smallest absolute Gasteiger partial charge is 0.180 e. The first kappa shape index (κ1) is 21.8. The molecular weight excluding hydrogens is 384 g/mol. The first-order valence-electron chi connectivity index (χ1n) is 10.4. The van der Waals surface area contributed by atoms with E-state index in [0.717, 1.165) is 36.8 Å². The highest BCUT2D eigenvalue weighted by atomic mass is 32.2. The van der Waals surface area contributed by atoms with Crippen molar-refractivity contribution in [1.29, 1.82) is 0 Å². The molecule has 3 rings (SSSR count). The van der Waals surface area contributed by atoms with Crippen molar-refractivity contribution in [1.82, 2.24) is 5.32 Å². The maximum atomic E-state index is 13.6. The fourth-order valence-corrected chi connectivity index (χ4v) is 6.45. The van der Waals surface area contributed by atoms with Crippen LogP contribution in [0.25, 0.3) is 0 Å². The van der Waals surface area contributed by atoms with Crippen LogP contribution in [0.5, 0.6) is 5.75 Å². The fraction of sp³-hybridized carbons (Fsp3) is 0.478. The molecule has 29 heavy (non-hydrogen) atoms. The molecule has 0 fully saturated rings. The molecule has 2 unspecified atom stereocenters. The third-order valence-corrected chi connectivity index (χ3v) is 7.97. The third-order valence-electron chi connectivity index (χ3n) is 6.01. The molecule has 2 atom stereocenters. The Morgan fingerprint density at radius 3 is 2.52 bits per heavy atom. The maximum Gasteiger partial charge on any atom is 0.180 e. The Morgan fingerprint density at radius 1 is 1.21 bits per heavy atom. The van der Waals surface area contributed by atoms with Crippen LogP contribution >= 0.6 is 0 Å². The van der Waals surface area contributed by atoms with E-state index in [2.05, 4.69) is 19.2 Å². The molecule has 3 N–H and O–H groups in total. The van der Waals surface area contributed by atoms with Gasteiger partial charge in [0, 0.05) is 17.6 Å². The molecule has 2 aromatic rings. The molecule has 158 valence electrons. The van der Waals surface area contributed by atoms with Crippen LogP contribution in [0.15, 0.2) is 47.4 Å². The van der Waals surface area contributed by atoms with Gasteiger partial charge in [-0.2, -0.15) is 0 Å². The monoisotopic (exact) mass is 416 g/mol. The summed E-state index contributed by atoms with van der Waals surface area (Å²) >= 11 is 0. The molecule has 5 nitrogen and oxygen atoms in total. The number of nitrogens with one attached hydrogen (secondary N) is 1. The molecule has 0 radical (unpaired) electrons. The Bertz CT molecular complexity index is 944. The number of benzene rings is 2. The summed E-state index contributed by atoms with van der Waals surface area (Å²) in [6.07, 6.45) is 3.56. The molecule has 0 aliphatic carbocycles. The van der Waals surface area contributed by atoms with Crippen molar-refractivity contribution in [2.24, 2.45) is 5.73 Å². The Morgan fingerprint density at radius 2 is 1.93 bits per heavy atom. The van der Waals surface area contributed by atoms with Crippen molar-refractivity contribution in [3.8, 4) is 5.75 Å². The molecule has 6 heteroatoms. The Labute approximate surface area is 174 Å². The van der Waals surface area contributed by atoms with Crippen molar-refractivity contribution >= 4 is 9.84 Å². The van der Waals surface area contributed by atoms with Gasteiger partial charge in [-0.1, -0.05) is 57.0 Å². The number of hydrogen-bond acceptors (Lipinski definition) is 5. The van der Waals surface area contributed by atoms with Gasteiger partial charge in [0.25, 0.3) is 0 Å². The molecule has 0 saturated heterocycles. The minimum Gasteiger partial charge on any atom is -0.496 e. The lowest BCUT2D eigenvalue weighted by Gasteiger charge is -2.36. The number of sulfone groups is 1. The highest BCUT2D eigenvalue weighted by Crippen LogP contribution is 2.40. The van der Waals surface area contributed by atoms with E-state index in [1.165, 1.54) is 0 Å². The molecule has 1 aliphatic heterocycles. The van der Waals surface area contributed by atoms with Gasteiger partial charge in [-0.3, -0.25) is 5.32 Å². The van der Waals surface area contributed by atoms with Gasteiger partial charge in [-0.05, 0) is 36.1 Å². The summed E-state index contributed by atoms with van der Waals surface area (Å²) in [5.41, 5.74) is 7.89. The quantitative estimate of drug-likeness (QED) is 0.714. The average molecular weight is 417 g/mol. The molecule has 0 bridgehead atoms. The van der Waals surface area contributed by atoms with Crippen molar-refractivity contribution < 1.29 is 13.2 Å². The van der Waals surface area contributed by atoms with E-state index < -0.39 is 15.4 Å². The predicted octanol–water partition coefficient (Wildman–Crippen LogP) is 3.96. The minimum atomic E-state index is -3.50. The number of rotatable bonds is 7. The summed E-state index contributed by atoms with van der Waals surface area (Å²) in [6.45, 7) is 4.43. The van der Waals surface area contributed by atoms with Crippen LogP contribution in [0.1, 0.15) is 62.3 Å².